The highest BCUT2D eigenvalue weighted by Crippen LogP contribution is 2.28. The molecule has 2 heterocycles. The number of ether oxygens (including phenoxy) is 3. The minimum atomic E-state index is -0.00644. The number of likely N-dealkylation sites (N-methyl/N-ethyl adjacent to an activating group) is 1. The van der Waals surface area contributed by atoms with E-state index in [1.807, 2.05) is 11.7 Å². The first-order valence-corrected chi connectivity index (χ1v) is 7.14. The number of methoxy groups -OCH3 is 1. The summed E-state index contributed by atoms with van der Waals surface area (Å²) in [7, 11) is 3.61. The molecule has 0 aromatic carbocycles. The number of aromatic nitrogens is 2. The first-order valence-electron chi connectivity index (χ1n) is 6.34. The lowest BCUT2D eigenvalue weighted by Crippen LogP contribution is -2.40. The Balaban J connectivity index is 2.18. The fourth-order valence-corrected chi connectivity index (χ4v) is 2.78. The molecular formula is C12H20BrN3O3. The summed E-state index contributed by atoms with van der Waals surface area (Å²) in [6.07, 6.45) is 1.80. The van der Waals surface area contributed by atoms with Crippen molar-refractivity contribution in [3.63, 3.8) is 0 Å². The molecule has 0 radical (unpaired) electrons. The second-order valence-corrected chi connectivity index (χ2v) is 5.20. The number of nitrogens with zero attached hydrogens (tertiary/aromatic N) is 2. The molecule has 0 saturated carbocycles. The molecule has 2 unspecified atom stereocenters. The molecule has 19 heavy (non-hydrogen) atoms. The lowest BCUT2D eigenvalue weighted by molar-refractivity contribution is -0.102. The van der Waals surface area contributed by atoms with Crippen molar-refractivity contribution in [2.75, 3.05) is 40.6 Å². The maximum atomic E-state index is 5.79. The Labute approximate surface area is 121 Å². The highest BCUT2D eigenvalue weighted by Gasteiger charge is 2.29. The summed E-state index contributed by atoms with van der Waals surface area (Å²) in [4.78, 5) is 0. The largest absolute Gasteiger partial charge is 0.383 e. The van der Waals surface area contributed by atoms with Gasteiger partial charge in [0.1, 0.15) is 6.10 Å². The molecule has 6 nitrogen and oxygen atoms in total. The third kappa shape index (κ3) is 3.55. The molecular weight excluding hydrogens is 314 g/mol. The lowest BCUT2D eigenvalue weighted by Gasteiger charge is -2.30. The smallest absolute Gasteiger partial charge is 0.102 e. The van der Waals surface area contributed by atoms with Crippen molar-refractivity contribution >= 4 is 15.9 Å². The highest BCUT2D eigenvalue weighted by atomic mass is 79.9. The SMILES string of the molecule is CNC(c1c(Br)cnn1CCOC)C1COCCO1. The average molecular weight is 334 g/mol. The van der Waals surface area contributed by atoms with Gasteiger partial charge in [0.2, 0.25) is 0 Å². The van der Waals surface area contributed by atoms with Gasteiger partial charge in [-0.05, 0) is 23.0 Å². The summed E-state index contributed by atoms with van der Waals surface area (Å²) < 4.78 is 19.3. The summed E-state index contributed by atoms with van der Waals surface area (Å²) >= 11 is 3.56. The first kappa shape index (κ1) is 14.9. The summed E-state index contributed by atoms with van der Waals surface area (Å²) in [6.45, 7) is 3.22. The standard InChI is InChI=1S/C12H20BrN3O3/c1-14-11(10-8-18-5-6-19-10)12-9(13)7-15-16(12)3-4-17-2/h7,10-11,14H,3-6,8H2,1-2H3. The highest BCUT2D eigenvalue weighted by molar-refractivity contribution is 9.10. The molecule has 7 heteroatoms. The minimum absolute atomic E-state index is 0.00644. The Hall–Kier alpha value is -0.470. The van der Waals surface area contributed by atoms with Crippen molar-refractivity contribution in [3.8, 4) is 0 Å². The number of hydrogen-bond donors (Lipinski definition) is 1. The van der Waals surface area contributed by atoms with E-state index in [9.17, 15) is 0 Å². The Morgan fingerprint density at radius 1 is 1.63 bits per heavy atom. The van der Waals surface area contributed by atoms with Gasteiger partial charge >= 0.3 is 0 Å². The van der Waals surface area contributed by atoms with Crippen LogP contribution in [-0.4, -0.2) is 56.5 Å². The van der Waals surface area contributed by atoms with Gasteiger partial charge in [-0.2, -0.15) is 5.10 Å². The van der Waals surface area contributed by atoms with E-state index in [-0.39, 0.29) is 12.1 Å². The summed E-state index contributed by atoms with van der Waals surface area (Å²) in [6, 6.07) is 0.0361. The van der Waals surface area contributed by atoms with Crippen LogP contribution in [0, 0.1) is 0 Å². The van der Waals surface area contributed by atoms with E-state index < -0.39 is 0 Å². The second kappa shape index (κ2) is 7.35. The molecule has 0 amide bonds. The number of rotatable bonds is 6. The van der Waals surface area contributed by atoms with Gasteiger partial charge in [-0.25, -0.2) is 0 Å². The van der Waals surface area contributed by atoms with Crippen LogP contribution in [0.2, 0.25) is 0 Å². The summed E-state index contributed by atoms with van der Waals surface area (Å²) in [5.74, 6) is 0. The van der Waals surface area contributed by atoms with Crippen molar-refractivity contribution in [1.29, 1.82) is 0 Å². The third-order valence-corrected chi connectivity index (χ3v) is 3.77. The number of hydrogen-bond acceptors (Lipinski definition) is 5. The monoisotopic (exact) mass is 333 g/mol. The topological polar surface area (TPSA) is 57.5 Å². The van der Waals surface area contributed by atoms with Gasteiger partial charge in [-0.3, -0.25) is 4.68 Å². The van der Waals surface area contributed by atoms with Gasteiger partial charge in [-0.1, -0.05) is 0 Å². The van der Waals surface area contributed by atoms with Gasteiger partial charge < -0.3 is 19.5 Å². The van der Waals surface area contributed by atoms with Crippen molar-refractivity contribution in [1.82, 2.24) is 15.1 Å². The van der Waals surface area contributed by atoms with Crippen LogP contribution in [-0.2, 0) is 20.8 Å². The molecule has 0 aliphatic carbocycles. The van der Waals surface area contributed by atoms with E-state index in [2.05, 4.69) is 26.3 Å². The Morgan fingerprint density at radius 2 is 2.47 bits per heavy atom. The third-order valence-electron chi connectivity index (χ3n) is 3.16. The number of halogens is 1. The van der Waals surface area contributed by atoms with Crippen LogP contribution in [0.3, 0.4) is 0 Å². The van der Waals surface area contributed by atoms with Gasteiger partial charge in [0.15, 0.2) is 0 Å². The van der Waals surface area contributed by atoms with Crippen LogP contribution in [0.1, 0.15) is 11.7 Å². The van der Waals surface area contributed by atoms with Gasteiger partial charge in [0.05, 0.1) is 55.4 Å². The van der Waals surface area contributed by atoms with E-state index in [1.54, 1.807) is 13.3 Å². The second-order valence-electron chi connectivity index (χ2n) is 4.34. The van der Waals surface area contributed by atoms with Crippen molar-refractivity contribution in [3.05, 3.63) is 16.4 Å². The van der Waals surface area contributed by atoms with Crippen LogP contribution in [0.15, 0.2) is 10.7 Å². The van der Waals surface area contributed by atoms with Crippen LogP contribution < -0.4 is 5.32 Å². The Kier molecular flexibility index (Phi) is 5.77. The zero-order valence-corrected chi connectivity index (χ0v) is 12.9. The molecule has 1 N–H and O–H groups in total. The summed E-state index contributed by atoms with van der Waals surface area (Å²) in [5.41, 5.74) is 1.06. The molecule has 108 valence electrons. The van der Waals surface area contributed by atoms with E-state index in [0.717, 1.165) is 10.2 Å². The van der Waals surface area contributed by atoms with Gasteiger partial charge in [-0.15, -0.1) is 0 Å². The van der Waals surface area contributed by atoms with E-state index in [4.69, 9.17) is 14.2 Å². The molecule has 2 rings (SSSR count). The Bertz CT molecular complexity index is 394. The molecule has 0 spiro atoms. The van der Waals surface area contributed by atoms with Gasteiger partial charge in [0.25, 0.3) is 0 Å². The number of nitrogens with one attached hydrogen (secondary N) is 1. The van der Waals surface area contributed by atoms with Crippen molar-refractivity contribution in [2.24, 2.45) is 0 Å². The maximum absolute atomic E-state index is 5.79. The van der Waals surface area contributed by atoms with E-state index >= 15 is 0 Å². The molecule has 1 aliphatic heterocycles. The molecule has 2 atom stereocenters. The normalized spacial score (nSPS) is 21.5. The zero-order chi connectivity index (χ0) is 13.7. The molecule has 1 aromatic rings. The lowest BCUT2D eigenvalue weighted by atomic mass is 10.1. The summed E-state index contributed by atoms with van der Waals surface area (Å²) in [5, 5.41) is 7.67. The predicted octanol–water partition coefficient (Wildman–Crippen LogP) is 0.968. The zero-order valence-electron chi connectivity index (χ0n) is 11.3. The van der Waals surface area contributed by atoms with E-state index in [1.165, 1.54) is 0 Å². The molecule has 0 bridgehead atoms. The van der Waals surface area contributed by atoms with Gasteiger partial charge in [0, 0.05) is 7.11 Å². The van der Waals surface area contributed by atoms with Crippen molar-refractivity contribution in [2.45, 2.75) is 18.7 Å². The first-order chi connectivity index (χ1) is 9.27. The predicted molar refractivity (Wildman–Crippen MR) is 74.2 cm³/mol. The Morgan fingerprint density at radius 3 is 3.11 bits per heavy atom. The van der Waals surface area contributed by atoms with Crippen molar-refractivity contribution < 1.29 is 14.2 Å². The van der Waals surface area contributed by atoms with Crippen LogP contribution in [0.4, 0.5) is 0 Å². The van der Waals surface area contributed by atoms with Crippen LogP contribution in [0.25, 0.3) is 0 Å². The van der Waals surface area contributed by atoms with E-state index in [0.29, 0.717) is 33.0 Å². The molecule has 1 aliphatic rings. The molecule has 1 fully saturated rings. The fraction of sp³-hybridized carbons (Fsp3) is 0.750. The maximum Gasteiger partial charge on any atom is 0.102 e. The van der Waals surface area contributed by atoms with Crippen LogP contribution >= 0.6 is 15.9 Å². The van der Waals surface area contributed by atoms with Crippen LogP contribution in [0.5, 0.6) is 0 Å². The minimum Gasteiger partial charge on any atom is -0.383 e. The quantitative estimate of drug-likeness (QED) is 0.840. The fourth-order valence-electron chi connectivity index (χ4n) is 2.23. The molecule has 1 aromatic heterocycles. The molecule has 1 saturated heterocycles. The average Bonchev–Trinajstić information content (AvgIpc) is 2.80.